The lowest BCUT2D eigenvalue weighted by Gasteiger charge is -2.24. The van der Waals surface area contributed by atoms with Crippen LogP contribution in [0.5, 0.6) is 0 Å². The van der Waals surface area contributed by atoms with Gasteiger partial charge in [-0.15, -0.1) is 0 Å². The fourth-order valence-corrected chi connectivity index (χ4v) is 4.46. The van der Waals surface area contributed by atoms with Gasteiger partial charge in [-0.2, -0.15) is 5.10 Å². The van der Waals surface area contributed by atoms with Crippen molar-refractivity contribution in [3.05, 3.63) is 89.0 Å². The van der Waals surface area contributed by atoms with Crippen molar-refractivity contribution in [1.82, 2.24) is 0 Å². The summed E-state index contributed by atoms with van der Waals surface area (Å²) >= 11 is 0. The summed E-state index contributed by atoms with van der Waals surface area (Å²) in [5.74, 6) is -0.561. The molecular formula is C28H26N4O3. The average Bonchev–Trinajstić information content (AvgIpc) is 3.30. The molecule has 3 amide bonds. The summed E-state index contributed by atoms with van der Waals surface area (Å²) in [6, 6.07) is 20.6. The van der Waals surface area contributed by atoms with Gasteiger partial charge in [-0.05, 0) is 73.4 Å². The molecule has 0 aromatic heterocycles. The lowest BCUT2D eigenvalue weighted by Crippen LogP contribution is -2.36. The minimum absolute atomic E-state index is 0.0628. The minimum Gasteiger partial charge on any atom is -0.321 e. The first kappa shape index (κ1) is 22.5. The van der Waals surface area contributed by atoms with Crippen LogP contribution in [0.1, 0.15) is 39.9 Å². The van der Waals surface area contributed by atoms with E-state index in [1.807, 2.05) is 56.3 Å². The number of amides is 3. The molecule has 7 nitrogen and oxygen atoms in total. The highest BCUT2D eigenvalue weighted by Gasteiger charge is 2.27. The van der Waals surface area contributed by atoms with Crippen molar-refractivity contribution >= 4 is 40.5 Å². The fourth-order valence-electron chi connectivity index (χ4n) is 4.46. The van der Waals surface area contributed by atoms with E-state index in [-0.39, 0.29) is 30.6 Å². The summed E-state index contributed by atoms with van der Waals surface area (Å²) in [4.78, 5) is 40.3. The van der Waals surface area contributed by atoms with Crippen molar-refractivity contribution in [1.29, 1.82) is 0 Å². The monoisotopic (exact) mass is 466 g/mol. The van der Waals surface area contributed by atoms with Gasteiger partial charge >= 0.3 is 0 Å². The molecule has 7 heteroatoms. The summed E-state index contributed by atoms with van der Waals surface area (Å²) in [7, 11) is 0. The van der Waals surface area contributed by atoms with E-state index in [2.05, 4.69) is 10.4 Å². The highest BCUT2D eigenvalue weighted by molar-refractivity contribution is 6.44. The molecular weight excluding hydrogens is 440 g/mol. The van der Waals surface area contributed by atoms with Gasteiger partial charge in [-0.3, -0.25) is 14.4 Å². The zero-order valence-electron chi connectivity index (χ0n) is 19.7. The number of hydrazone groups is 1. The molecule has 0 unspecified atom stereocenters. The topological polar surface area (TPSA) is 82.1 Å². The summed E-state index contributed by atoms with van der Waals surface area (Å²) < 4.78 is 0. The molecule has 3 aromatic rings. The Bertz CT molecular complexity index is 1360. The molecule has 0 bridgehead atoms. The first-order valence-electron chi connectivity index (χ1n) is 11.7. The average molecular weight is 467 g/mol. The third kappa shape index (κ3) is 4.45. The van der Waals surface area contributed by atoms with Crippen molar-refractivity contribution in [2.45, 2.75) is 33.1 Å². The number of fused-ring (bicyclic) bond motifs is 1. The van der Waals surface area contributed by atoms with Crippen LogP contribution in [0.15, 0.2) is 71.8 Å². The van der Waals surface area contributed by atoms with Crippen LogP contribution in [0.3, 0.4) is 0 Å². The highest BCUT2D eigenvalue weighted by atomic mass is 16.2. The van der Waals surface area contributed by atoms with E-state index in [0.29, 0.717) is 29.2 Å². The molecule has 5 rings (SSSR count). The molecule has 0 spiro atoms. The Labute approximate surface area is 204 Å². The molecule has 2 aliphatic heterocycles. The maximum atomic E-state index is 13.0. The number of aryl methyl sites for hydroxylation is 2. The van der Waals surface area contributed by atoms with Gasteiger partial charge in [0.05, 0.1) is 5.69 Å². The third-order valence-electron chi connectivity index (χ3n) is 6.41. The van der Waals surface area contributed by atoms with E-state index in [1.54, 1.807) is 29.2 Å². The van der Waals surface area contributed by atoms with Gasteiger partial charge in [-0.25, -0.2) is 5.01 Å². The minimum atomic E-state index is -0.361. The standard InChI is InChI=1S/C28H26N4O3/c1-18-7-8-19(2)25(17-18)32-26(33)14-13-23(30-32)27(34)29-22-11-9-21(10-12-22)28(35)31-16-15-20-5-3-4-6-24(20)31/h3-12,17H,13-16H2,1-2H3,(H,29,34). The van der Waals surface area contributed by atoms with Crippen LogP contribution in [0.2, 0.25) is 0 Å². The second kappa shape index (κ2) is 9.18. The highest BCUT2D eigenvalue weighted by Crippen LogP contribution is 2.29. The summed E-state index contributed by atoms with van der Waals surface area (Å²) in [6.45, 7) is 4.52. The largest absolute Gasteiger partial charge is 0.321 e. The predicted molar refractivity (Wildman–Crippen MR) is 137 cm³/mol. The Morgan fingerprint density at radius 1 is 0.886 bits per heavy atom. The Morgan fingerprint density at radius 3 is 2.46 bits per heavy atom. The lowest BCUT2D eigenvalue weighted by atomic mass is 10.1. The number of rotatable bonds is 4. The first-order valence-corrected chi connectivity index (χ1v) is 11.7. The number of nitrogens with zero attached hydrogens (tertiary/aromatic N) is 3. The van der Waals surface area contributed by atoms with Crippen LogP contribution < -0.4 is 15.2 Å². The Kier molecular flexibility index (Phi) is 5.91. The number of anilines is 3. The molecule has 0 fully saturated rings. The van der Waals surface area contributed by atoms with Gasteiger partial charge in [0.1, 0.15) is 5.71 Å². The van der Waals surface area contributed by atoms with Crippen LogP contribution >= 0.6 is 0 Å². The first-order chi connectivity index (χ1) is 16.9. The molecule has 3 aromatic carbocycles. The number of hydrogen-bond acceptors (Lipinski definition) is 4. The van der Waals surface area contributed by atoms with Gasteiger partial charge in [0, 0.05) is 36.3 Å². The van der Waals surface area contributed by atoms with Crippen LogP contribution in [0, 0.1) is 13.8 Å². The molecule has 35 heavy (non-hydrogen) atoms. The molecule has 0 atom stereocenters. The molecule has 176 valence electrons. The quantitative estimate of drug-likeness (QED) is 0.609. The van der Waals surface area contributed by atoms with Gasteiger partial charge in [0.15, 0.2) is 0 Å². The zero-order valence-corrected chi connectivity index (χ0v) is 19.7. The number of carbonyl (C=O) groups is 3. The van der Waals surface area contributed by atoms with Crippen molar-refractivity contribution in [2.24, 2.45) is 5.10 Å². The second-order valence-corrected chi connectivity index (χ2v) is 8.91. The number of benzene rings is 3. The predicted octanol–water partition coefficient (Wildman–Crippen LogP) is 4.63. The van der Waals surface area contributed by atoms with E-state index in [0.717, 1.165) is 23.2 Å². The molecule has 0 radical (unpaired) electrons. The number of hydrogen-bond donors (Lipinski definition) is 1. The van der Waals surface area contributed by atoms with E-state index in [4.69, 9.17) is 0 Å². The molecule has 0 saturated heterocycles. The van der Waals surface area contributed by atoms with Crippen molar-refractivity contribution in [3.8, 4) is 0 Å². The van der Waals surface area contributed by atoms with E-state index in [9.17, 15) is 14.4 Å². The van der Waals surface area contributed by atoms with Crippen molar-refractivity contribution < 1.29 is 14.4 Å². The van der Waals surface area contributed by atoms with Gasteiger partial charge in [0.2, 0.25) is 5.91 Å². The Hall–Kier alpha value is -4.26. The number of carbonyl (C=O) groups excluding carboxylic acids is 3. The van der Waals surface area contributed by atoms with Gasteiger partial charge < -0.3 is 10.2 Å². The molecule has 2 heterocycles. The van der Waals surface area contributed by atoms with Crippen LogP contribution in [0.25, 0.3) is 0 Å². The smallest absolute Gasteiger partial charge is 0.271 e. The maximum absolute atomic E-state index is 13.0. The van der Waals surface area contributed by atoms with Crippen LogP contribution in [-0.4, -0.2) is 30.0 Å². The van der Waals surface area contributed by atoms with Crippen molar-refractivity contribution in [2.75, 3.05) is 21.8 Å². The second-order valence-electron chi connectivity index (χ2n) is 8.91. The summed E-state index contributed by atoms with van der Waals surface area (Å²) in [5.41, 5.74) is 6.14. The fraction of sp³-hybridized carbons (Fsp3) is 0.214. The van der Waals surface area contributed by atoms with E-state index < -0.39 is 0 Å². The molecule has 2 aliphatic rings. The van der Waals surface area contributed by atoms with E-state index in [1.165, 1.54) is 10.6 Å². The normalized spacial score (nSPS) is 15.0. The molecule has 0 saturated carbocycles. The van der Waals surface area contributed by atoms with Crippen LogP contribution in [0.4, 0.5) is 17.1 Å². The number of nitrogens with one attached hydrogen (secondary N) is 1. The molecule has 1 N–H and O–H groups in total. The van der Waals surface area contributed by atoms with Gasteiger partial charge in [0.25, 0.3) is 11.8 Å². The maximum Gasteiger partial charge on any atom is 0.271 e. The lowest BCUT2D eigenvalue weighted by molar-refractivity contribution is -0.118. The zero-order chi connectivity index (χ0) is 24.5. The Balaban J connectivity index is 1.30. The SMILES string of the molecule is Cc1ccc(C)c(N2N=C(C(=O)Nc3ccc(C(=O)N4CCc5ccccc54)cc3)CCC2=O)c1. The van der Waals surface area contributed by atoms with Crippen LogP contribution in [-0.2, 0) is 16.0 Å². The van der Waals surface area contributed by atoms with Gasteiger partial charge in [-0.1, -0.05) is 30.3 Å². The summed E-state index contributed by atoms with van der Waals surface area (Å²) in [5, 5.41) is 8.55. The Morgan fingerprint density at radius 2 is 1.66 bits per heavy atom. The molecule has 0 aliphatic carbocycles. The summed E-state index contributed by atoms with van der Waals surface area (Å²) in [6.07, 6.45) is 1.33. The third-order valence-corrected chi connectivity index (χ3v) is 6.41. The van der Waals surface area contributed by atoms with Crippen molar-refractivity contribution in [3.63, 3.8) is 0 Å². The number of para-hydroxylation sites is 1. The van der Waals surface area contributed by atoms with E-state index >= 15 is 0 Å².